The van der Waals surface area contributed by atoms with E-state index in [1.54, 1.807) is 0 Å². The van der Waals surface area contributed by atoms with Gasteiger partial charge in [-0.05, 0) is 60.2 Å². The van der Waals surface area contributed by atoms with Gasteiger partial charge in [-0.25, -0.2) is 0 Å². The summed E-state index contributed by atoms with van der Waals surface area (Å²) in [6, 6.07) is 0. The van der Waals surface area contributed by atoms with E-state index in [0.717, 1.165) is 23.7 Å². The molecule has 4 aliphatic carbocycles. The van der Waals surface area contributed by atoms with Crippen LogP contribution in [0, 0.1) is 34.5 Å². The first kappa shape index (κ1) is 11.4. The topological polar surface area (TPSA) is 0 Å². The van der Waals surface area contributed by atoms with Gasteiger partial charge in [-0.3, -0.25) is 0 Å². The van der Waals surface area contributed by atoms with Crippen molar-refractivity contribution in [2.45, 2.75) is 58.6 Å². The fourth-order valence-electron chi connectivity index (χ4n) is 5.59. The minimum absolute atomic E-state index is 0.562. The van der Waals surface area contributed by atoms with E-state index in [1.165, 1.54) is 25.7 Å². The van der Waals surface area contributed by atoms with E-state index < -0.39 is 0 Å². The molecule has 4 saturated carbocycles. The second-order valence-corrected chi connectivity index (χ2v) is 8.23. The number of hydrogen-bond donors (Lipinski definition) is 1. The van der Waals surface area contributed by atoms with Gasteiger partial charge in [0.25, 0.3) is 0 Å². The molecule has 0 saturated heterocycles. The third-order valence-electron chi connectivity index (χ3n) is 6.57. The molecule has 0 aromatic carbocycles. The van der Waals surface area contributed by atoms with Crippen molar-refractivity contribution < 1.29 is 0 Å². The van der Waals surface area contributed by atoms with Crippen LogP contribution in [0.15, 0.2) is 0 Å². The molecule has 0 heterocycles. The standard InChI is InChI=1S/C15H26S/c1-9(2)10-7-12-14(3)5-6-15(12,4)13(16)11(10)8-14/h9-13,16H,5-8H2,1-4H3/t10-,11+,12+,13-,14-,15-/m0/s1. The van der Waals surface area contributed by atoms with Gasteiger partial charge in [-0.1, -0.05) is 27.7 Å². The van der Waals surface area contributed by atoms with Crippen LogP contribution >= 0.6 is 12.6 Å². The zero-order valence-corrected chi connectivity index (χ0v) is 12.1. The lowest BCUT2D eigenvalue weighted by molar-refractivity contribution is -0.0754. The third kappa shape index (κ3) is 1.19. The highest BCUT2D eigenvalue weighted by molar-refractivity contribution is 7.81. The van der Waals surface area contributed by atoms with Crippen molar-refractivity contribution in [3.8, 4) is 0 Å². The van der Waals surface area contributed by atoms with Crippen LogP contribution in [0.5, 0.6) is 0 Å². The normalized spacial score (nSPS) is 59.6. The van der Waals surface area contributed by atoms with Crippen molar-refractivity contribution in [2.24, 2.45) is 34.5 Å². The quantitative estimate of drug-likeness (QED) is 0.643. The van der Waals surface area contributed by atoms with E-state index in [2.05, 4.69) is 27.7 Å². The molecule has 0 spiro atoms. The maximum atomic E-state index is 5.05. The molecular weight excluding hydrogens is 212 g/mol. The minimum atomic E-state index is 0.562. The largest absolute Gasteiger partial charge is 0.175 e. The first-order chi connectivity index (χ1) is 7.38. The van der Waals surface area contributed by atoms with Crippen LogP contribution in [0.1, 0.15) is 53.4 Å². The average molecular weight is 238 g/mol. The number of rotatable bonds is 1. The summed E-state index contributed by atoms with van der Waals surface area (Å²) in [5.74, 6) is 3.66. The Kier molecular flexibility index (Phi) is 2.30. The smallest absolute Gasteiger partial charge is 0.0105 e. The highest BCUT2D eigenvalue weighted by Gasteiger charge is 2.65. The van der Waals surface area contributed by atoms with Gasteiger partial charge in [0.1, 0.15) is 0 Å². The summed E-state index contributed by atoms with van der Waals surface area (Å²) in [7, 11) is 0. The SMILES string of the molecule is CC(C)[C@@H]1C[C@@H]2[C@@]3(C)CC[C@]2(C)[C@@H](S)[C@@H]1C3. The Bertz CT molecular complexity index is 311. The van der Waals surface area contributed by atoms with E-state index in [0.29, 0.717) is 16.1 Å². The van der Waals surface area contributed by atoms with Crippen LogP contribution in [-0.2, 0) is 0 Å². The molecule has 1 heteroatoms. The van der Waals surface area contributed by atoms with Crippen LogP contribution < -0.4 is 0 Å². The van der Waals surface area contributed by atoms with Crippen LogP contribution in [0.2, 0.25) is 0 Å². The van der Waals surface area contributed by atoms with E-state index in [9.17, 15) is 0 Å². The molecule has 4 fully saturated rings. The van der Waals surface area contributed by atoms with Gasteiger partial charge in [0, 0.05) is 5.25 Å². The molecule has 0 aromatic heterocycles. The molecule has 0 aliphatic heterocycles. The zero-order chi connectivity index (χ0) is 11.7. The maximum Gasteiger partial charge on any atom is 0.0105 e. The van der Waals surface area contributed by atoms with Crippen molar-refractivity contribution in [2.75, 3.05) is 0 Å². The highest BCUT2D eigenvalue weighted by Crippen LogP contribution is 2.71. The van der Waals surface area contributed by atoms with Crippen LogP contribution in [-0.4, -0.2) is 5.25 Å². The Hall–Kier alpha value is 0.350. The summed E-state index contributed by atoms with van der Waals surface area (Å²) in [6.45, 7) is 9.92. The molecule has 0 amide bonds. The van der Waals surface area contributed by atoms with E-state index in [-0.39, 0.29) is 0 Å². The monoisotopic (exact) mass is 238 g/mol. The number of hydrogen-bond acceptors (Lipinski definition) is 1. The molecule has 0 unspecified atom stereocenters. The molecule has 4 aliphatic rings. The lowest BCUT2D eigenvalue weighted by Crippen LogP contribution is -2.56. The molecule has 0 nitrogen and oxygen atoms in total. The lowest BCUT2D eigenvalue weighted by atomic mass is 9.47. The summed E-state index contributed by atoms with van der Waals surface area (Å²) < 4.78 is 0. The number of fused-ring (bicyclic) bond motifs is 1. The average Bonchev–Trinajstić information content (AvgIpc) is 2.44. The molecule has 4 rings (SSSR count). The molecule has 6 atom stereocenters. The van der Waals surface area contributed by atoms with Crippen LogP contribution in [0.3, 0.4) is 0 Å². The van der Waals surface area contributed by atoms with Crippen molar-refractivity contribution in [3.05, 3.63) is 0 Å². The second kappa shape index (κ2) is 3.22. The zero-order valence-electron chi connectivity index (χ0n) is 11.2. The van der Waals surface area contributed by atoms with Gasteiger partial charge in [0.05, 0.1) is 0 Å². The van der Waals surface area contributed by atoms with Gasteiger partial charge in [0.15, 0.2) is 0 Å². The van der Waals surface area contributed by atoms with Crippen LogP contribution in [0.4, 0.5) is 0 Å². The minimum Gasteiger partial charge on any atom is -0.175 e. The summed E-state index contributed by atoms with van der Waals surface area (Å²) in [4.78, 5) is 0. The van der Waals surface area contributed by atoms with Crippen molar-refractivity contribution in [1.82, 2.24) is 0 Å². The second-order valence-electron chi connectivity index (χ2n) is 7.67. The Morgan fingerprint density at radius 1 is 1.19 bits per heavy atom. The lowest BCUT2D eigenvalue weighted by Gasteiger charge is -2.60. The third-order valence-corrected chi connectivity index (χ3v) is 7.54. The fourth-order valence-corrected chi connectivity index (χ4v) is 6.23. The van der Waals surface area contributed by atoms with Crippen LogP contribution in [0.25, 0.3) is 0 Å². The molecular formula is C15H26S. The summed E-state index contributed by atoms with van der Waals surface area (Å²) >= 11 is 5.05. The Labute approximate surface area is 106 Å². The van der Waals surface area contributed by atoms with E-state index >= 15 is 0 Å². The predicted molar refractivity (Wildman–Crippen MR) is 72.8 cm³/mol. The van der Waals surface area contributed by atoms with Gasteiger partial charge in [-0.2, -0.15) is 12.6 Å². The van der Waals surface area contributed by atoms with Gasteiger partial charge in [-0.15, -0.1) is 0 Å². The van der Waals surface area contributed by atoms with Crippen molar-refractivity contribution >= 4 is 12.6 Å². The van der Waals surface area contributed by atoms with Gasteiger partial charge < -0.3 is 0 Å². The van der Waals surface area contributed by atoms with E-state index in [1.807, 2.05) is 0 Å². The Balaban J connectivity index is 1.99. The molecule has 4 bridgehead atoms. The first-order valence-corrected chi connectivity index (χ1v) is 7.58. The summed E-state index contributed by atoms with van der Waals surface area (Å²) in [5.41, 5.74) is 1.23. The molecule has 0 aromatic rings. The molecule has 16 heavy (non-hydrogen) atoms. The predicted octanol–water partition coefficient (Wildman–Crippen LogP) is 4.40. The van der Waals surface area contributed by atoms with Crippen molar-refractivity contribution in [1.29, 1.82) is 0 Å². The van der Waals surface area contributed by atoms with E-state index in [4.69, 9.17) is 12.6 Å². The first-order valence-electron chi connectivity index (χ1n) is 7.06. The Morgan fingerprint density at radius 2 is 1.88 bits per heavy atom. The Morgan fingerprint density at radius 3 is 2.50 bits per heavy atom. The molecule has 0 N–H and O–H groups in total. The van der Waals surface area contributed by atoms with Gasteiger partial charge in [0.2, 0.25) is 0 Å². The fraction of sp³-hybridized carbons (Fsp3) is 1.00. The molecule has 92 valence electrons. The van der Waals surface area contributed by atoms with Crippen molar-refractivity contribution in [3.63, 3.8) is 0 Å². The summed E-state index contributed by atoms with van der Waals surface area (Å²) in [5, 5.41) is 0.675. The molecule has 0 radical (unpaired) electrons. The van der Waals surface area contributed by atoms with Gasteiger partial charge >= 0.3 is 0 Å². The number of thiol groups is 1. The summed E-state index contributed by atoms with van der Waals surface area (Å²) in [6.07, 6.45) is 5.85. The highest BCUT2D eigenvalue weighted by atomic mass is 32.1. The maximum absolute atomic E-state index is 5.05.